The standard InChI is InChI=1S/C47H88/c1-4-7-9-11-13-15-17-19-21-23-25-27-29-31-33-35-37-41-45-43-39-44-46(47(45)40-6-3)42-38-36-34-32-30-28-26-24-22-20-18-16-14-12-10-8-5-2/h39,43-44H,4-38,40-42H2,1-3H3. The molecule has 0 spiro atoms. The number of rotatable bonds is 38. The van der Waals surface area contributed by atoms with Gasteiger partial charge in [0.1, 0.15) is 0 Å². The number of aryl methyl sites for hydroxylation is 2. The lowest BCUT2D eigenvalue weighted by molar-refractivity contribution is 0.526. The highest BCUT2D eigenvalue weighted by Crippen LogP contribution is 2.23. The summed E-state index contributed by atoms with van der Waals surface area (Å²) >= 11 is 0. The van der Waals surface area contributed by atoms with Crippen molar-refractivity contribution in [3.8, 4) is 0 Å². The van der Waals surface area contributed by atoms with Gasteiger partial charge in [-0.15, -0.1) is 0 Å². The topological polar surface area (TPSA) is 0 Å². The van der Waals surface area contributed by atoms with E-state index in [1.165, 1.54) is 244 Å². The quantitative estimate of drug-likeness (QED) is 0.0624. The normalized spacial score (nSPS) is 11.6. The van der Waals surface area contributed by atoms with Gasteiger partial charge < -0.3 is 0 Å². The Bertz CT molecular complexity index is 675. The first-order valence-corrected chi connectivity index (χ1v) is 22.4. The first kappa shape index (κ1) is 44.2. The predicted octanol–water partition coefficient (Wildman–Crippen LogP) is 17.0. The molecule has 0 N–H and O–H groups in total. The molecule has 0 atom stereocenters. The van der Waals surface area contributed by atoms with E-state index in [9.17, 15) is 0 Å². The number of unbranched alkanes of at least 4 members (excludes halogenated alkanes) is 32. The van der Waals surface area contributed by atoms with Crippen molar-refractivity contribution in [2.45, 2.75) is 265 Å². The van der Waals surface area contributed by atoms with Crippen molar-refractivity contribution in [1.29, 1.82) is 0 Å². The lowest BCUT2D eigenvalue weighted by Crippen LogP contribution is -2.01. The van der Waals surface area contributed by atoms with Crippen molar-refractivity contribution in [2.75, 3.05) is 0 Å². The van der Waals surface area contributed by atoms with E-state index in [1.807, 2.05) is 0 Å². The van der Waals surface area contributed by atoms with Crippen molar-refractivity contribution in [3.63, 3.8) is 0 Å². The molecule has 0 bridgehead atoms. The van der Waals surface area contributed by atoms with Gasteiger partial charge in [0, 0.05) is 0 Å². The Labute approximate surface area is 298 Å². The molecule has 0 saturated carbocycles. The predicted molar refractivity (Wildman–Crippen MR) is 216 cm³/mol. The maximum Gasteiger partial charge on any atom is -0.0276 e. The van der Waals surface area contributed by atoms with Gasteiger partial charge in [-0.05, 0) is 48.8 Å². The minimum atomic E-state index is 1.28. The molecule has 1 aromatic carbocycles. The van der Waals surface area contributed by atoms with Crippen molar-refractivity contribution in [3.05, 3.63) is 34.9 Å². The van der Waals surface area contributed by atoms with Crippen LogP contribution in [0.5, 0.6) is 0 Å². The zero-order valence-electron chi connectivity index (χ0n) is 33.1. The average molecular weight is 653 g/mol. The van der Waals surface area contributed by atoms with Crippen molar-refractivity contribution in [2.24, 2.45) is 0 Å². The van der Waals surface area contributed by atoms with E-state index in [4.69, 9.17) is 0 Å². The summed E-state index contributed by atoms with van der Waals surface area (Å²) in [5.41, 5.74) is 5.08. The van der Waals surface area contributed by atoms with E-state index in [1.54, 1.807) is 16.7 Å². The second-order valence-electron chi connectivity index (χ2n) is 15.6. The molecular formula is C47H88. The molecule has 1 rings (SSSR count). The minimum absolute atomic E-state index is 1.28. The molecular weight excluding hydrogens is 565 g/mol. The second kappa shape index (κ2) is 36.5. The Morgan fingerprint density at radius 3 is 0.723 bits per heavy atom. The molecule has 1 aromatic rings. The smallest absolute Gasteiger partial charge is 0.0276 e. The SMILES string of the molecule is CCCCCCCCCCCCCCCCCCCc1cccc(CCCCCCCCCCCCCCCCCCC)c1CCC. The molecule has 0 nitrogen and oxygen atoms in total. The van der Waals surface area contributed by atoms with Crippen LogP contribution in [0.3, 0.4) is 0 Å². The fourth-order valence-electron chi connectivity index (χ4n) is 7.81. The van der Waals surface area contributed by atoms with Crippen LogP contribution in [-0.2, 0) is 19.3 Å². The molecule has 0 aliphatic carbocycles. The maximum atomic E-state index is 2.45. The molecule has 0 fully saturated rings. The van der Waals surface area contributed by atoms with E-state index < -0.39 is 0 Å². The summed E-state index contributed by atoms with van der Waals surface area (Å²) in [6.07, 6.45) is 54.7. The van der Waals surface area contributed by atoms with Gasteiger partial charge in [0.25, 0.3) is 0 Å². The molecule has 0 unspecified atom stereocenters. The van der Waals surface area contributed by atoms with Crippen molar-refractivity contribution < 1.29 is 0 Å². The van der Waals surface area contributed by atoms with Crippen LogP contribution in [0.25, 0.3) is 0 Å². The summed E-state index contributed by atoms with van der Waals surface area (Å²) in [4.78, 5) is 0. The van der Waals surface area contributed by atoms with E-state index in [-0.39, 0.29) is 0 Å². The molecule has 276 valence electrons. The van der Waals surface area contributed by atoms with Crippen LogP contribution >= 0.6 is 0 Å². The highest BCUT2D eigenvalue weighted by Gasteiger charge is 2.08. The van der Waals surface area contributed by atoms with Gasteiger partial charge in [-0.2, -0.15) is 0 Å². The van der Waals surface area contributed by atoms with E-state index in [0.29, 0.717) is 0 Å². The highest BCUT2D eigenvalue weighted by molar-refractivity contribution is 5.36. The van der Waals surface area contributed by atoms with Crippen molar-refractivity contribution >= 4 is 0 Å². The molecule has 47 heavy (non-hydrogen) atoms. The molecule has 0 amide bonds. The first-order valence-electron chi connectivity index (χ1n) is 22.4. The summed E-state index contributed by atoms with van der Waals surface area (Å²) in [5.74, 6) is 0. The van der Waals surface area contributed by atoms with Gasteiger partial charge in [-0.1, -0.05) is 251 Å². The van der Waals surface area contributed by atoms with Crippen LogP contribution in [0.15, 0.2) is 18.2 Å². The Morgan fingerprint density at radius 2 is 0.489 bits per heavy atom. The highest BCUT2D eigenvalue weighted by atomic mass is 14.1. The fourth-order valence-corrected chi connectivity index (χ4v) is 7.81. The Hall–Kier alpha value is -0.780. The third-order valence-electron chi connectivity index (χ3n) is 11.0. The third kappa shape index (κ3) is 28.7. The Balaban J connectivity index is 2.01. The zero-order chi connectivity index (χ0) is 33.7. The summed E-state index contributed by atoms with van der Waals surface area (Å²) in [5, 5.41) is 0. The molecule has 0 heteroatoms. The number of hydrogen-bond acceptors (Lipinski definition) is 0. The van der Waals surface area contributed by atoms with Crippen LogP contribution < -0.4 is 0 Å². The van der Waals surface area contributed by atoms with Gasteiger partial charge in [0.15, 0.2) is 0 Å². The fraction of sp³-hybridized carbons (Fsp3) is 0.872. The first-order chi connectivity index (χ1) is 23.3. The lowest BCUT2D eigenvalue weighted by Gasteiger charge is -2.15. The number of hydrogen-bond donors (Lipinski definition) is 0. The Kier molecular flexibility index (Phi) is 34.4. The summed E-state index contributed by atoms with van der Waals surface area (Å²) in [6, 6.07) is 7.27. The lowest BCUT2D eigenvalue weighted by atomic mass is 9.91. The maximum absolute atomic E-state index is 2.45. The van der Waals surface area contributed by atoms with Gasteiger partial charge >= 0.3 is 0 Å². The average Bonchev–Trinajstić information content (AvgIpc) is 3.08. The van der Waals surface area contributed by atoms with Gasteiger partial charge in [0.2, 0.25) is 0 Å². The zero-order valence-corrected chi connectivity index (χ0v) is 33.1. The van der Waals surface area contributed by atoms with Gasteiger partial charge in [-0.25, -0.2) is 0 Å². The molecule has 0 radical (unpaired) electrons. The van der Waals surface area contributed by atoms with Crippen molar-refractivity contribution in [1.82, 2.24) is 0 Å². The minimum Gasteiger partial charge on any atom is -0.0654 e. The largest absolute Gasteiger partial charge is 0.0654 e. The van der Waals surface area contributed by atoms with Gasteiger partial charge in [-0.3, -0.25) is 0 Å². The van der Waals surface area contributed by atoms with Crippen LogP contribution in [-0.4, -0.2) is 0 Å². The van der Waals surface area contributed by atoms with Crippen LogP contribution in [0.1, 0.15) is 262 Å². The molecule has 0 aromatic heterocycles. The second-order valence-corrected chi connectivity index (χ2v) is 15.6. The van der Waals surface area contributed by atoms with Gasteiger partial charge in [0.05, 0.1) is 0 Å². The molecule has 0 saturated heterocycles. The third-order valence-corrected chi connectivity index (χ3v) is 11.0. The molecule has 0 heterocycles. The summed E-state index contributed by atoms with van der Waals surface area (Å²) in [6.45, 7) is 6.99. The summed E-state index contributed by atoms with van der Waals surface area (Å²) in [7, 11) is 0. The van der Waals surface area contributed by atoms with Crippen LogP contribution in [0, 0.1) is 0 Å². The number of benzene rings is 1. The summed E-state index contributed by atoms with van der Waals surface area (Å²) < 4.78 is 0. The molecule has 0 aliphatic rings. The van der Waals surface area contributed by atoms with E-state index in [2.05, 4.69) is 39.0 Å². The van der Waals surface area contributed by atoms with Crippen LogP contribution in [0.2, 0.25) is 0 Å². The monoisotopic (exact) mass is 653 g/mol. The molecule has 0 aliphatic heterocycles. The Morgan fingerprint density at radius 1 is 0.255 bits per heavy atom. The van der Waals surface area contributed by atoms with E-state index >= 15 is 0 Å². The van der Waals surface area contributed by atoms with E-state index in [0.717, 1.165) is 0 Å². The van der Waals surface area contributed by atoms with Crippen LogP contribution in [0.4, 0.5) is 0 Å².